The number of H-pyrrole nitrogens is 1. The number of aryl methyl sites for hydroxylation is 1. The molecule has 1 N–H and O–H groups in total. The highest BCUT2D eigenvalue weighted by Gasteiger charge is 2.15. The van der Waals surface area contributed by atoms with E-state index in [9.17, 15) is 18.0 Å². The molecule has 0 aliphatic carbocycles. The van der Waals surface area contributed by atoms with Crippen LogP contribution in [-0.2, 0) is 16.4 Å². The van der Waals surface area contributed by atoms with Crippen molar-refractivity contribution in [1.29, 1.82) is 0 Å². The molecular weight excluding hydrogens is 232 g/mol. The minimum Gasteiger partial charge on any atom is -0.300 e. The first-order valence-corrected chi connectivity index (χ1v) is 6.56. The van der Waals surface area contributed by atoms with E-state index in [1.165, 1.54) is 16.8 Å². The van der Waals surface area contributed by atoms with Crippen molar-refractivity contribution in [2.24, 2.45) is 0 Å². The van der Waals surface area contributed by atoms with Crippen molar-refractivity contribution in [2.45, 2.75) is 25.6 Å². The summed E-state index contributed by atoms with van der Waals surface area (Å²) in [6.45, 7) is 3.23. The number of hydrogen-bond donors (Lipinski definition) is 1. The topological polar surface area (TPSA) is 89.0 Å². The molecule has 90 valence electrons. The first-order chi connectivity index (χ1) is 7.33. The highest BCUT2D eigenvalue weighted by atomic mass is 32.2. The summed E-state index contributed by atoms with van der Waals surface area (Å²) < 4.78 is 24.2. The predicted molar refractivity (Wildman–Crippen MR) is 60.2 cm³/mol. The van der Waals surface area contributed by atoms with Gasteiger partial charge >= 0.3 is 5.69 Å². The number of nitrogens with one attached hydrogen (secondary N) is 1. The Hall–Kier alpha value is -1.37. The molecule has 1 aromatic rings. The quantitative estimate of drug-likeness (QED) is 0.765. The van der Waals surface area contributed by atoms with E-state index in [-0.39, 0.29) is 12.3 Å². The van der Waals surface area contributed by atoms with Crippen LogP contribution >= 0.6 is 0 Å². The lowest BCUT2D eigenvalue weighted by atomic mass is 10.6. The SMILES string of the molecule is CC(C)S(=O)(=O)CCn1ccc(=O)[nH]c1=O. The average Bonchev–Trinajstić information content (AvgIpc) is 2.16. The van der Waals surface area contributed by atoms with Gasteiger partial charge < -0.3 is 0 Å². The standard InChI is InChI=1S/C9H14N2O4S/c1-7(2)16(14,15)6-5-11-4-3-8(12)10-9(11)13/h3-4,7H,5-6H2,1-2H3,(H,10,12,13). The lowest BCUT2D eigenvalue weighted by Gasteiger charge is -2.08. The second kappa shape index (κ2) is 4.65. The highest BCUT2D eigenvalue weighted by molar-refractivity contribution is 7.91. The van der Waals surface area contributed by atoms with Gasteiger partial charge in [-0.1, -0.05) is 0 Å². The third-order valence-corrected chi connectivity index (χ3v) is 4.42. The fourth-order valence-corrected chi connectivity index (χ4v) is 2.00. The summed E-state index contributed by atoms with van der Waals surface area (Å²) >= 11 is 0. The van der Waals surface area contributed by atoms with E-state index in [4.69, 9.17) is 0 Å². The van der Waals surface area contributed by atoms with Gasteiger partial charge in [0.1, 0.15) is 0 Å². The molecule has 0 spiro atoms. The predicted octanol–water partition coefficient (Wildman–Crippen LogP) is -0.640. The molecular formula is C9H14N2O4S. The van der Waals surface area contributed by atoms with Crippen LogP contribution in [0, 0.1) is 0 Å². The maximum absolute atomic E-state index is 11.5. The summed E-state index contributed by atoms with van der Waals surface area (Å²) in [5, 5.41) is -0.467. The molecule has 16 heavy (non-hydrogen) atoms. The molecule has 0 fully saturated rings. The zero-order chi connectivity index (χ0) is 12.3. The fraction of sp³-hybridized carbons (Fsp3) is 0.556. The van der Waals surface area contributed by atoms with Gasteiger partial charge in [0.05, 0.1) is 11.0 Å². The summed E-state index contributed by atoms with van der Waals surface area (Å²) in [4.78, 5) is 24.1. The fourth-order valence-electron chi connectivity index (χ4n) is 1.08. The van der Waals surface area contributed by atoms with E-state index in [2.05, 4.69) is 4.98 Å². The summed E-state index contributed by atoms with van der Waals surface area (Å²) in [6, 6.07) is 1.18. The monoisotopic (exact) mass is 246 g/mol. The Morgan fingerprint density at radius 1 is 1.38 bits per heavy atom. The van der Waals surface area contributed by atoms with Crippen LogP contribution in [-0.4, -0.2) is 29.0 Å². The van der Waals surface area contributed by atoms with E-state index >= 15 is 0 Å². The van der Waals surface area contributed by atoms with Gasteiger partial charge in [-0.05, 0) is 13.8 Å². The minimum absolute atomic E-state index is 0.0517. The van der Waals surface area contributed by atoms with Crippen molar-refractivity contribution in [3.63, 3.8) is 0 Å². The third kappa shape index (κ3) is 3.06. The normalized spacial score (nSPS) is 11.9. The van der Waals surface area contributed by atoms with E-state index < -0.39 is 26.3 Å². The lowest BCUT2D eigenvalue weighted by Crippen LogP contribution is -2.31. The first-order valence-electron chi connectivity index (χ1n) is 4.84. The molecule has 0 saturated carbocycles. The van der Waals surface area contributed by atoms with Gasteiger partial charge in [0.2, 0.25) is 0 Å². The Morgan fingerprint density at radius 2 is 2.00 bits per heavy atom. The first kappa shape index (κ1) is 12.7. The lowest BCUT2D eigenvalue weighted by molar-refractivity contribution is 0.577. The summed E-state index contributed by atoms with van der Waals surface area (Å²) in [6.07, 6.45) is 1.29. The van der Waals surface area contributed by atoms with Crippen LogP contribution < -0.4 is 11.2 Å². The van der Waals surface area contributed by atoms with E-state index in [0.29, 0.717) is 0 Å². The van der Waals surface area contributed by atoms with Crippen LogP contribution in [0.5, 0.6) is 0 Å². The van der Waals surface area contributed by atoms with Gasteiger partial charge in [-0.3, -0.25) is 14.3 Å². The Labute approximate surface area is 92.9 Å². The molecule has 0 radical (unpaired) electrons. The van der Waals surface area contributed by atoms with Crippen LogP contribution in [0.2, 0.25) is 0 Å². The summed E-state index contributed by atoms with van der Waals surface area (Å²) in [7, 11) is -3.18. The Kier molecular flexibility index (Phi) is 3.69. The van der Waals surface area contributed by atoms with Crippen LogP contribution in [0.4, 0.5) is 0 Å². The van der Waals surface area contributed by atoms with Crippen LogP contribution in [0.1, 0.15) is 13.8 Å². The van der Waals surface area contributed by atoms with Crippen molar-refractivity contribution < 1.29 is 8.42 Å². The minimum atomic E-state index is -3.18. The van der Waals surface area contributed by atoms with E-state index in [1.54, 1.807) is 13.8 Å². The van der Waals surface area contributed by atoms with Gasteiger partial charge in [-0.15, -0.1) is 0 Å². The highest BCUT2D eigenvalue weighted by Crippen LogP contribution is 2.00. The van der Waals surface area contributed by atoms with E-state index in [0.717, 1.165) is 0 Å². The zero-order valence-electron chi connectivity index (χ0n) is 9.13. The van der Waals surface area contributed by atoms with Crippen molar-refractivity contribution in [3.8, 4) is 0 Å². The third-order valence-electron chi connectivity index (χ3n) is 2.23. The van der Waals surface area contributed by atoms with Crippen LogP contribution in [0.15, 0.2) is 21.9 Å². The Balaban J connectivity index is 2.84. The molecule has 1 heterocycles. The van der Waals surface area contributed by atoms with Gasteiger partial charge in [-0.25, -0.2) is 13.2 Å². The van der Waals surface area contributed by atoms with E-state index in [1.807, 2.05) is 0 Å². The molecule has 0 saturated heterocycles. The second-order valence-electron chi connectivity index (χ2n) is 3.72. The molecule has 1 aromatic heterocycles. The average molecular weight is 246 g/mol. The molecule has 0 aliphatic heterocycles. The molecule has 0 aliphatic rings. The molecule has 0 amide bonds. The number of hydrogen-bond acceptors (Lipinski definition) is 4. The van der Waals surface area contributed by atoms with Gasteiger partial charge in [0.25, 0.3) is 5.56 Å². The van der Waals surface area contributed by atoms with Crippen molar-refractivity contribution >= 4 is 9.84 Å². The Bertz CT molecular complexity index is 568. The largest absolute Gasteiger partial charge is 0.328 e. The number of sulfone groups is 1. The maximum Gasteiger partial charge on any atom is 0.328 e. The smallest absolute Gasteiger partial charge is 0.300 e. The summed E-state index contributed by atoms with van der Waals surface area (Å²) in [5.74, 6) is -0.114. The van der Waals surface area contributed by atoms with Gasteiger partial charge in [-0.2, -0.15) is 0 Å². The van der Waals surface area contributed by atoms with Crippen LogP contribution in [0.25, 0.3) is 0 Å². The molecule has 0 bridgehead atoms. The molecule has 0 aromatic carbocycles. The van der Waals surface area contributed by atoms with Gasteiger partial charge in [0.15, 0.2) is 9.84 Å². The Morgan fingerprint density at radius 3 is 2.50 bits per heavy atom. The van der Waals surface area contributed by atoms with Crippen molar-refractivity contribution in [1.82, 2.24) is 9.55 Å². The number of nitrogens with zero attached hydrogens (tertiary/aromatic N) is 1. The number of aromatic nitrogens is 2. The molecule has 7 heteroatoms. The van der Waals surface area contributed by atoms with Crippen LogP contribution in [0.3, 0.4) is 0 Å². The number of aromatic amines is 1. The van der Waals surface area contributed by atoms with Gasteiger partial charge in [0, 0.05) is 18.8 Å². The second-order valence-corrected chi connectivity index (χ2v) is 6.40. The van der Waals surface area contributed by atoms with Crippen molar-refractivity contribution in [2.75, 3.05) is 5.75 Å². The molecule has 6 nitrogen and oxygen atoms in total. The molecule has 1 rings (SSSR count). The molecule has 0 atom stereocenters. The number of rotatable bonds is 4. The zero-order valence-corrected chi connectivity index (χ0v) is 9.95. The molecule has 0 unspecified atom stereocenters. The van der Waals surface area contributed by atoms with Crippen molar-refractivity contribution in [3.05, 3.63) is 33.1 Å². The summed E-state index contributed by atoms with van der Waals surface area (Å²) in [5.41, 5.74) is -1.08. The maximum atomic E-state index is 11.5.